The fourth-order valence-electron chi connectivity index (χ4n) is 5.30. The topological polar surface area (TPSA) is 20.3 Å². The van der Waals surface area contributed by atoms with Gasteiger partial charge in [-0.1, -0.05) is 84.9 Å². The second-order valence-corrected chi connectivity index (χ2v) is 10.5. The lowest BCUT2D eigenvalue weighted by Gasteiger charge is -2.25. The van der Waals surface area contributed by atoms with Crippen LogP contribution in [0.25, 0.3) is 27.6 Å². The first kappa shape index (κ1) is 21.8. The highest BCUT2D eigenvalue weighted by Gasteiger charge is 2.25. The summed E-state index contributed by atoms with van der Waals surface area (Å²) in [6.45, 7) is 0. The average Bonchev–Trinajstić information content (AvgIpc) is 3.52. The van der Waals surface area contributed by atoms with E-state index in [2.05, 4.69) is 108 Å². The molecule has 1 aliphatic carbocycles. The smallest absolute Gasteiger partial charge is 0.189 e. The number of Topliss-reactive ketones (excluding diaryl/α,β-unsaturated/α-hetero) is 1. The summed E-state index contributed by atoms with van der Waals surface area (Å²) < 4.78 is 0. The molecule has 2 nitrogen and oxygen atoms in total. The Morgan fingerprint density at radius 3 is 2.22 bits per heavy atom. The van der Waals surface area contributed by atoms with Crippen molar-refractivity contribution in [3.8, 4) is 0 Å². The minimum absolute atomic E-state index is 0.143. The highest BCUT2D eigenvalue weighted by atomic mass is 32.1. The van der Waals surface area contributed by atoms with Crippen LogP contribution in [0.15, 0.2) is 127 Å². The third-order valence-corrected chi connectivity index (χ3v) is 8.08. The van der Waals surface area contributed by atoms with Gasteiger partial charge in [0.15, 0.2) is 5.78 Å². The van der Waals surface area contributed by atoms with Gasteiger partial charge in [0.2, 0.25) is 0 Å². The Morgan fingerprint density at radius 1 is 0.676 bits per heavy atom. The van der Waals surface area contributed by atoms with Crippen molar-refractivity contribution in [2.75, 3.05) is 4.90 Å². The van der Waals surface area contributed by atoms with Gasteiger partial charge in [-0.15, -0.1) is 11.3 Å². The normalized spacial score (nSPS) is 13.9. The van der Waals surface area contributed by atoms with E-state index in [-0.39, 0.29) is 5.78 Å². The maximum Gasteiger partial charge on any atom is 0.189 e. The van der Waals surface area contributed by atoms with E-state index in [1.54, 1.807) is 11.3 Å². The molecule has 0 fully saturated rings. The fourth-order valence-corrected chi connectivity index (χ4v) is 6.31. The Balaban J connectivity index is 1.29. The van der Waals surface area contributed by atoms with Gasteiger partial charge in [0.1, 0.15) is 5.00 Å². The van der Waals surface area contributed by atoms with Crippen LogP contribution in [0, 0.1) is 0 Å². The molecule has 37 heavy (non-hydrogen) atoms. The maximum absolute atomic E-state index is 13.3. The molecule has 0 N–H and O–H groups in total. The first-order valence-corrected chi connectivity index (χ1v) is 13.3. The van der Waals surface area contributed by atoms with E-state index in [4.69, 9.17) is 0 Å². The highest BCUT2D eigenvalue weighted by molar-refractivity contribution is 7.17. The molecule has 1 heterocycles. The molecular weight excluding hydrogens is 470 g/mol. The zero-order chi connectivity index (χ0) is 24.8. The second kappa shape index (κ2) is 8.88. The van der Waals surface area contributed by atoms with Gasteiger partial charge in [0.25, 0.3) is 0 Å². The van der Waals surface area contributed by atoms with Crippen molar-refractivity contribution in [1.82, 2.24) is 0 Å². The molecule has 3 heteroatoms. The summed E-state index contributed by atoms with van der Waals surface area (Å²) >= 11 is 1.71. The molecule has 176 valence electrons. The molecule has 6 aromatic rings. The number of fused-ring (bicyclic) bond motifs is 3. The number of allylic oxidation sites excluding steroid dienone is 1. The summed E-state index contributed by atoms with van der Waals surface area (Å²) in [5.74, 6) is 0.143. The first-order valence-electron chi connectivity index (χ1n) is 12.4. The molecule has 7 rings (SSSR count). The van der Waals surface area contributed by atoms with E-state index < -0.39 is 0 Å². The van der Waals surface area contributed by atoms with Gasteiger partial charge in [-0.2, -0.15) is 0 Å². The SMILES string of the molecule is O=C1/C(=C\c2ccc(N(c3ccccc3)c3cccc4ccccc34)s2)Cc2cc3ccccc3cc21. The van der Waals surface area contributed by atoms with Crippen molar-refractivity contribution in [3.63, 3.8) is 0 Å². The van der Waals surface area contributed by atoms with E-state index in [0.29, 0.717) is 6.42 Å². The van der Waals surface area contributed by atoms with Crippen molar-refractivity contribution < 1.29 is 4.79 Å². The Labute approximate surface area is 219 Å². The lowest BCUT2D eigenvalue weighted by Crippen LogP contribution is -2.08. The molecule has 5 aromatic carbocycles. The van der Waals surface area contributed by atoms with Gasteiger partial charge in [0.05, 0.1) is 5.69 Å². The number of hydrogen-bond acceptors (Lipinski definition) is 3. The molecule has 1 aromatic heterocycles. The van der Waals surface area contributed by atoms with Gasteiger partial charge in [-0.05, 0) is 64.2 Å². The van der Waals surface area contributed by atoms with Gasteiger partial charge in [-0.3, -0.25) is 4.79 Å². The van der Waals surface area contributed by atoms with Crippen LogP contribution in [0.3, 0.4) is 0 Å². The van der Waals surface area contributed by atoms with Crippen molar-refractivity contribution in [1.29, 1.82) is 0 Å². The van der Waals surface area contributed by atoms with Gasteiger partial charge < -0.3 is 4.90 Å². The van der Waals surface area contributed by atoms with Crippen molar-refractivity contribution in [2.45, 2.75) is 6.42 Å². The lowest BCUT2D eigenvalue weighted by atomic mass is 10.0. The highest BCUT2D eigenvalue weighted by Crippen LogP contribution is 2.42. The molecule has 0 saturated carbocycles. The number of benzene rings is 5. The van der Waals surface area contributed by atoms with Crippen LogP contribution in [0.5, 0.6) is 0 Å². The zero-order valence-electron chi connectivity index (χ0n) is 20.1. The summed E-state index contributed by atoms with van der Waals surface area (Å²) in [4.78, 5) is 16.7. The molecule has 0 atom stereocenters. The predicted octanol–water partition coefficient (Wildman–Crippen LogP) is 9.35. The summed E-state index contributed by atoms with van der Waals surface area (Å²) in [5, 5.41) is 5.82. The average molecular weight is 494 g/mol. The molecule has 0 radical (unpaired) electrons. The van der Waals surface area contributed by atoms with Crippen LogP contribution in [-0.4, -0.2) is 5.78 Å². The van der Waals surface area contributed by atoms with E-state index in [1.807, 2.05) is 24.3 Å². The van der Waals surface area contributed by atoms with Crippen molar-refractivity contribution in [2.24, 2.45) is 0 Å². The molecular formula is C34H23NOS. The molecule has 1 aliphatic rings. The minimum atomic E-state index is 0.143. The summed E-state index contributed by atoms with van der Waals surface area (Å²) in [7, 11) is 0. The number of rotatable bonds is 4. The van der Waals surface area contributed by atoms with Gasteiger partial charge >= 0.3 is 0 Å². The maximum atomic E-state index is 13.3. The van der Waals surface area contributed by atoms with E-state index in [0.717, 1.165) is 43.3 Å². The van der Waals surface area contributed by atoms with E-state index in [9.17, 15) is 4.79 Å². The van der Waals surface area contributed by atoms with Crippen LogP contribution in [0.4, 0.5) is 16.4 Å². The largest absolute Gasteiger partial charge is 0.301 e. The monoisotopic (exact) mass is 493 g/mol. The number of thiophene rings is 1. The minimum Gasteiger partial charge on any atom is -0.301 e. The van der Waals surface area contributed by atoms with Crippen LogP contribution in [-0.2, 0) is 6.42 Å². The van der Waals surface area contributed by atoms with E-state index >= 15 is 0 Å². The Morgan fingerprint density at radius 2 is 1.38 bits per heavy atom. The number of hydrogen-bond donors (Lipinski definition) is 0. The third-order valence-electron chi connectivity index (χ3n) is 7.06. The summed E-state index contributed by atoms with van der Waals surface area (Å²) in [6, 6.07) is 42.2. The van der Waals surface area contributed by atoms with Crippen LogP contribution >= 0.6 is 11.3 Å². The quantitative estimate of drug-likeness (QED) is 0.228. The Kier molecular flexibility index (Phi) is 5.23. The van der Waals surface area contributed by atoms with Crippen molar-refractivity contribution >= 4 is 61.1 Å². The van der Waals surface area contributed by atoms with Crippen LogP contribution in [0.1, 0.15) is 20.8 Å². The third kappa shape index (κ3) is 3.85. The molecule has 0 amide bonds. The molecule has 0 saturated heterocycles. The molecule has 0 aliphatic heterocycles. The number of carbonyl (C=O) groups excluding carboxylic acids is 1. The number of carbonyl (C=O) groups is 1. The summed E-state index contributed by atoms with van der Waals surface area (Å²) in [5.41, 5.74) is 5.06. The predicted molar refractivity (Wildman–Crippen MR) is 156 cm³/mol. The Bertz CT molecular complexity index is 1820. The van der Waals surface area contributed by atoms with Gasteiger partial charge in [-0.25, -0.2) is 0 Å². The Hall–Kier alpha value is -4.47. The summed E-state index contributed by atoms with van der Waals surface area (Å²) in [6.07, 6.45) is 2.76. The second-order valence-electron chi connectivity index (χ2n) is 9.38. The standard InChI is InChI=1S/C34H23NOS/c36-34-27(20-26-19-24-10-4-5-11-25(24)22-31(26)34)21-29-17-18-33(37-29)35(28-13-2-1-3-14-28)32-16-8-12-23-9-6-7-15-30(23)32/h1-19,21-22H,20H2/b27-21-. The number of ketones is 1. The molecule has 0 bridgehead atoms. The zero-order valence-corrected chi connectivity index (χ0v) is 20.9. The fraction of sp³-hybridized carbons (Fsp3) is 0.0294. The molecule has 0 unspecified atom stereocenters. The number of nitrogens with zero attached hydrogens (tertiary/aromatic N) is 1. The van der Waals surface area contributed by atoms with Crippen molar-refractivity contribution in [3.05, 3.63) is 143 Å². The lowest BCUT2D eigenvalue weighted by molar-refractivity contribution is 0.104. The van der Waals surface area contributed by atoms with E-state index in [1.165, 1.54) is 16.2 Å². The number of para-hydroxylation sites is 1. The van der Waals surface area contributed by atoms with Gasteiger partial charge in [0, 0.05) is 33.5 Å². The first-order chi connectivity index (χ1) is 18.2. The van der Waals surface area contributed by atoms with Crippen LogP contribution in [0.2, 0.25) is 0 Å². The molecule has 0 spiro atoms. The van der Waals surface area contributed by atoms with Crippen LogP contribution < -0.4 is 4.90 Å². The number of anilines is 3.